The van der Waals surface area contributed by atoms with Crippen molar-refractivity contribution in [1.82, 2.24) is 5.32 Å². The highest BCUT2D eigenvalue weighted by atomic mass is 32.2. The topological polar surface area (TPSA) is 12.0 Å². The van der Waals surface area contributed by atoms with Crippen molar-refractivity contribution in [3.8, 4) is 0 Å². The molecule has 1 aromatic heterocycles. The number of thioether (sulfide) groups is 1. The minimum absolute atomic E-state index is 0.586. The van der Waals surface area contributed by atoms with Crippen LogP contribution in [0.5, 0.6) is 0 Å². The Morgan fingerprint density at radius 2 is 2.22 bits per heavy atom. The average Bonchev–Trinajstić information content (AvgIpc) is 2.82. The van der Waals surface area contributed by atoms with Gasteiger partial charge in [-0.3, -0.25) is 0 Å². The fraction of sp³-hybridized carbons (Fsp3) is 0.733. The smallest absolute Gasteiger partial charge is 0.0412 e. The second-order valence-corrected chi connectivity index (χ2v) is 7.36. The van der Waals surface area contributed by atoms with Crippen molar-refractivity contribution in [3.05, 3.63) is 21.4 Å². The fourth-order valence-corrected chi connectivity index (χ4v) is 5.07. The molecule has 1 atom stereocenters. The first-order valence-corrected chi connectivity index (χ1v) is 9.18. The number of nitrogens with one attached hydrogen (secondary N) is 1. The summed E-state index contributed by atoms with van der Waals surface area (Å²) in [6, 6.07) is 3.05. The summed E-state index contributed by atoms with van der Waals surface area (Å²) in [7, 11) is 2.11. The van der Waals surface area contributed by atoms with Gasteiger partial charge in [-0.1, -0.05) is 32.6 Å². The summed E-state index contributed by atoms with van der Waals surface area (Å²) < 4.78 is 0. The molecule has 2 heterocycles. The minimum atomic E-state index is 0.586. The highest BCUT2D eigenvalue weighted by Gasteiger charge is 2.18. The van der Waals surface area contributed by atoms with Crippen molar-refractivity contribution in [2.45, 2.75) is 57.2 Å². The highest BCUT2D eigenvalue weighted by molar-refractivity contribution is 7.98. The van der Waals surface area contributed by atoms with Gasteiger partial charge in [0.1, 0.15) is 0 Å². The summed E-state index contributed by atoms with van der Waals surface area (Å²) in [6.45, 7) is 2.28. The van der Waals surface area contributed by atoms with Crippen LogP contribution < -0.4 is 5.32 Å². The van der Waals surface area contributed by atoms with E-state index in [4.69, 9.17) is 0 Å². The van der Waals surface area contributed by atoms with Gasteiger partial charge in [-0.05, 0) is 37.3 Å². The van der Waals surface area contributed by atoms with Crippen molar-refractivity contribution in [3.63, 3.8) is 0 Å². The minimum Gasteiger partial charge on any atom is -0.312 e. The van der Waals surface area contributed by atoms with E-state index >= 15 is 0 Å². The summed E-state index contributed by atoms with van der Waals surface area (Å²) in [5.74, 6) is 2.55. The molecule has 1 unspecified atom stereocenters. The SMILES string of the molecule is CCCCCCC(NC)c1cc2c(s1)CCSC2. The van der Waals surface area contributed by atoms with E-state index in [1.54, 1.807) is 15.3 Å². The van der Waals surface area contributed by atoms with Crippen LogP contribution in [0.25, 0.3) is 0 Å². The van der Waals surface area contributed by atoms with Gasteiger partial charge in [0, 0.05) is 21.5 Å². The third kappa shape index (κ3) is 3.75. The molecule has 0 bridgehead atoms. The van der Waals surface area contributed by atoms with Crippen LogP contribution in [0.2, 0.25) is 0 Å². The number of rotatable bonds is 7. The lowest BCUT2D eigenvalue weighted by atomic mass is 10.1. The van der Waals surface area contributed by atoms with Gasteiger partial charge in [0.25, 0.3) is 0 Å². The number of unbranched alkanes of at least 4 members (excludes halogenated alkanes) is 3. The van der Waals surface area contributed by atoms with Crippen LogP contribution in [-0.2, 0) is 12.2 Å². The molecule has 1 aliphatic rings. The Bertz CT molecular complexity index is 336. The zero-order chi connectivity index (χ0) is 12.8. The molecule has 0 saturated heterocycles. The number of aryl methyl sites for hydroxylation is 1. The van der Waals surface area contributed by atoms with E-state index in [0.29, 0.717) is 6.04 Å². The van der Waals surface area contributed by atoms with Gasteiger partial charge in [-0.15, -0.1) is 11.3 Å². The summed E-state index contributed by atoms with van der Waals surface area (Å²) in [5, 5.41) is 3.51. The van der Waals surface area contributed by atoms with Crippen LogP contribution >= 0.6 is 23.1 Å². The zero-order valence-electron chi connectivity index (χ0n) is 11.6. The molecule has 102 valence electrons. The third-order valence-corrected chi connectivity index (χ3v) is 6.04. The van der Waals surface area contributed by atoms with Gasteiger partial charge < -0.3 is 5.32 Å². The van der Waals surface area contributed by atoms with Crippen molar-refractivity contribution in [2.75, 3.05) is 12.8 Å². The van der Waals surface area contributed by atoms with Crippen molar-refractivity contribution >= 4 is 23.1 Å². The summed E-state index contributed by atoms with van der Waals surface area (Å²) in [6.07, 6.45) is 8.04. The maximum Gasteiger partial charge on any atom is 0.0412 e. The predicted molar refractivity (Wildman–Crippen MR) is 84.7 cm³/mol. The molecule has 18 heavy (non-hydrogen) atoms. The Balaban J connectivity index is 1.92. The summed E-state index contributed by atoms with van der Waals surface area (Å²) in [4.78, 5) is 3.22. The van der Waals surface area contributed by atoms with Crippen LogP contribution in [0.1, 0.15) is 60.4 Å². The lowest BCUT2D eigenvalue weighted by Crippen LogP contribution is -2.14. The largest absolute Gasteiger partial charge is 0.312 e. The van der Waals surface area contributed by atoms with Gasteiger partial charge in [-0.25, -0.2) is 0 Å². The molecule has 1 N–H and O–H groups in total. The highest BCUT2D eigenvalue weighted by Crippen LogP contribution is 2.35. The van der Waals surface area contributed by atoms with E-state index in [0.717, 1.165) is 0 Å². The normalized spacial score (nSPS) is 16.6. The molecule has 0 aliphatic carbocycles. The predicted octanol–water partition coefficient (Wildman–Crippen LogP) is 4.77. The maximum atomic E-state index is 3.51. The van der Waals surface area contributed by atoms with E-state index in [-0.39, 0.29) is 0 Å². The Labute approximate surface area is 120 Å². The number of thiophene rings is 1. The lowest BCUT2D eigenvalue weighted by Gasteiger charge is -2.14. The van der Waals surface area contributed by atoms with Crippen molar-refractivity contribution in [2.24, 2.45) is 0 Å². The first kappa shape index (κ1) is 14.4. The molecule has 3 heteroatoms. The second-order valence-electron chi connectivity index (χ2n) is 5.09. The molecule has 0 fully saturated rings. The van der Waals surface area contributed by atoms with Crippen LogP contribution in [0.15, 0.2) is 6.07 Å². The maximum absolute atomic E-state index is 3.51. The number of fused-ring (bicyclic) bond motifs is 1. The van der Waals surface area contributed by atoms with Crippen LogP contribution in [0.3, 0.4) is 0 Å². The molecule has 0 radical (unpaired) electrons. The first-order chi connectivity index (χ1) is 8.85. The fourth-order valence-electron chi connectivity index (χ4n) is 2.55. The monoisotopic (exact) mass is 283 g/mol. The van der Waals surface area contributed by atoms with Gasteiger partial charge >= 0.3 is 0 Å². The average molecular weight is 284 g/mol. The summed E-state index contributed by atoms with van der Waals surface area (Å²) >= 11 is 4.14. The zero-order valence-corrected chi connectivity index (χ0v) is 13.3. The number of hydrogen-bond acceptors (Lipinski definition) is 3. The molecule has 2 rings (SSSR count). The molecular formula is C15H25NS2. The van der Waals surface area contributed by atoms with E-state index in [1.165, 1.54) is 50.0 Å². The molecule has 1 aliphatic heterocycles. The van der Waals surface area contributed by atoms with E-state index in [1.807, 2.05) is 0 Å². The second kappa shape index (κ2) is 7.56. The molecule has 1 nitrogen and oxygen atoms in total. The molecular weight excluding hydrogens is 258 g/mol. The molecule has 0 amide bonds. The van der Waals surface area contributed by atoms with Crippen LogP contribution in [0.4, 0.5) is 0 Å². The van der Waals surface area contributed by atoms with E-state index in [9.17, 15) is 0 Å². The molecule has 0 spiro atoms. The van der Waals surface area contributed by atoms with Crippen molar-refractivity contribution in [1.29, 1.82) is 0 Å². The van der Waals surface area contributed by atoms with Crippen molar-refractivity contribution < 1.29 is 0 Å². The van der Waals surface area contributed by atoms with E-state index < -0.39 is 0 Å². The summed E-state index contributed by atoms with van der Waals surface area (Å²) in [5.41, 5.74) is 1.61. The Hall–Kier alpha value is 0.01000. The lowest BCUT2D eigenvalue weighted by molar-refractivity contribution is 0.511. The number of hydrogen-bond donors (Lipinski definition) is 1. The van der Waals surface area contributed by atoms with Gasteiger partial charge in [0.2, 0.25) is 0 Å². The van der Waals surface area contributed by atoms with Crippen LogP contribution in [0, 0.1) is 0 Å². The standard InChI is InChI=1S/C15H25NS2/c1-3-4-5-6-7-13(16-2)15-10-12-11-17-9-8-14(12)18-15/h10,13,16H,3-9,11H2,1-2H3. The molecule has 0 aromatic carbocycles. The Morgan fingerprint density at radius 1 is 1.33 bits per heavy atom. The van der Waals surface area contributed by atoms with Gasteiger partial charge in [-0.2, -0.15) is 11.8 Å². The first-order valence-electron chi connectivity index (χ1n) is 7.21. The molecule has 0 saturated carbocycles. The Morgan fingerprint density at radius 3 is 2.94 bits per heavy atom. The third-order valence-electron chi connectivity index (χ3n) is 3.68. The Kier molecular flexibility index (Phi) is 6.06. The van der Waals surface area contributed by atoms with Gasteiger partial charge in [0.05, 0.1) is 0 Å². The van der Waals surface area contributed by atoms with Gasteiger partial charge in [0.15, 0.2) is 0 Å². The quantitative estimate of drug-likeness (QED) is 0.724. The van der Waals surface area contributed by atoms with Crippen LogP contribution in [-0.4, -0.2) is 12.8 Å². The van der Waals surface area contributed by atoms with E-state index in [2.05, 4.69) is 48.5 Å². The molecule has 1 aromatic rings.